The van der Waals surface area contributed by atoms with Crippen LogP contribution in [0.1, 0.15) is 31.3 Å². The lowest BCUT2D eigenvalue weighted by Crippen LogP contribution is -2.37. The number of rotatable bonds is 3. The Balaban J connectivity index is 1.92. The van der Waals surface area contributed by atoms with E-state index in [0.29, 0.717) is 0 Å². The molecule has 88 valence electrons. The van der Waals surface area contributed by atoms with Gasteiger partial charge in [-0.1, -0.05) is 0 Å². The molecule has 1 aromatic rings. The Hall–Kier alpha value is -0.940. The average Bonchev–Trinajstić information content (AvgIpc) is 2.86. The highest BCUT2D eigenvalue weighted by Crippen LogP contribution is 2.19. The lowest BCUT2D eigenvalue weighted by molar-refractivity contribution is -0.125. The number of carbonyl (C=O) groups is 1. The van der Waals surface area contributed by atoms with Crippen LogP contribution in [0.3, 0.4) is 0 Å². The second-order valence-electron chi connectivity index (χ2n) is 4.24. The predicted octanol–water partition coefficient (Wildman–Crippen LogP) is 1.32. The van der Waals surface area contributed by atoms with E-state index in [1.54, 1.807) is 17.5 Å². The Bertz CT molecular complexity index is 352. The molecule has 2 heterocycles. The molecule has 1 aromatic heterocycles. The van der Waals surface area contributed by atoms with Gasteiger partial charge in [-0.25, -0.2) is 4.98 Å². The Labute approximate surface area is 99.5 Å². The summed E-state index contributed by atoms with van der Waals surface area (Å²) in [6.07, 6.45) is 2.69. The van der Waals surface area contributed by atoms with E-state index >= 15 is 0 Å². The van der Waals surface area contributed by atoms with Crippen molar-refractivity contribution in [2.24, 2.45) is 5.92 Å². The number of hydrogen-bond donors (Lipinski definition) is 2. The molecule has 1 saturated heterocycles. The van der Waals surface area contributed by atoms with Crippen molar-refractivity contribution in [2.75, 3.05) is 6.54 Å². The molecule has 5 heteroatoms. The zero-order chi connectivity index (χ0) is 11.5. The van der Waals surface area contributed by atoms with Crippen molar-refractivity contribution < 1.29 is 4.79 Å². The minimum atomic E-state index is 0.0142. The zero-order valence-corrected chi connectivity index (χ0v) is 10.4. The summed E-state index contributed by atoms with van der Waals surface area (Å²) in [5, 5.41) is 9.20. The Morgan fingerprint density at radius 1 is 1.75 bits per heavy atom. The van der Waals surface area contributed by atoms with E-state index in [1.807, 2.05) is 12.3 Å². The topological polar surface area (TPSA) is 54.0 Å². The van der Waals surface area contributed by atoms with E-state index in [1.165, 1.54) is 0 Å². The highest BCUT2D eigenvalue weighted by atomic mass is 32.1. The van der Waals surface area contributed by atoms with Gasteiger partial charge in [0.05, 0.1) is 12.0 Å². The van der Waals surface area contributed by atoms with Gasteiger partial charge in [-0.05, 0) is 26.8 Å². The van der Waals surface area contributed by atoms with Crippen LogP contribution in [0.25, 0.3) is 0 Å². The number of nitrogens with one attached hydrogen (secondary N) is 2. The summed E-state index contributed by atoms with van der Waals surface area (Å²) in [6, 6.07) is 0.295. The smallest absolute Gasteiger partial charge is 0.225 e. The lowest BCUT2D eigenvalue weighted by Gasteiger charge is -2.18. The molecule has 0 aliphatic carbocycles. The molecule has 0 bridgehead atoms. The fraction of sp³-hybridized carbons (Fsp3) is 0.636. The molecule has 2 rings (SSSR count). The molecule has 1 amide bonds. The summed E-state index contributed by atoms with van der Waals surface area (Å²) in [5.74, 6) is 0.239. The molecule has 3 atom stereocenters. The standard InChI is InChI=1S/C11H17N3OS/c1-7-9(3-4-12-7)10(15)14-8(2)11-13-5-6-16-11/h5-9,12H,3-4H2,1-2H3,(H,14,15). The van der Waals surface area contributed by atoms with Crippen LogP contribution in [-0.4, -0.2) is 23.5 Å². The van der Waals surface area contributed by atoms with Crippen molar-refractivity contribution in [1.29, 1.82) is 0 Å². The normalized spacial score (nSPS) is 26.6. The van der Waals surface area contributed by atoms with Crippen LogP contribution in [0.2, 0.25) is 0 Å². The van der Waals surface area contributed by atoms with Gasteiger partial charge in [0, 0.05) is 17.6 Å². The molecule has 16 heavy (non-hydrogen) atoms. The quantitative estimate of drug-likeness (QED) is 0.836. The largest absolute Gasteiger partial charge is 0.347 e. The van der Waals surface area contributed by atoms with Crippen molar-refractivity contribution in [3.8, 4) is 0 Å². The van der Waals surface area contributed by atoms with E-state index in [9.17, 15) is 4.79 Å². The van der Waals surface area contributed by atoms with Crippen LogP contribution < -0.4 is 10.6 Å². The van der Waals surface area contributed by atoms with Crippen LogP contribution in [0.15, 0.2) is 11.6 Å². The van der Waals surface area contributed by atoms with Crippen LogP contribution in [0, 0.1) is 5.92 Å². The van der Waals surface area contributed by atoms with E-state index in [-0.39, 0.29) is 23.9 Å². The third-order valence-corrected chi connectivity index (χ3v) is 4.00. The van der Waals surface area contributed by atoms with Gasteiger partial charge in [0.25, 0.3) is 0 Å². The molecule has 1 aliphatic rings. The molecule has 2 N–H and O–H groups in total. The number of nitrogens with zero attached hydrogens (tertiary/aromatic N) is 1. The third-order valence-electron chi connectivity index (χ3n) is 3.04. The molecule has 1 fully saturated rings. The van der Waals surface area contributed by atoms with Gasteiger partial charge in [-0.2, -0.15) is 0 Å². The van der Waals surface area contributed by atoms with E-state index < -0.39 is 0 Å². The van der Waals surface area contributed by atoms with E-state index in [4.69, 9.17) is 0 Å². The highest BCUT2D eigenvalue weighted by Gasteiger charge is 2.30. The maximum Gasteiger partial charge on any atom is 0.225 e. The van der Waals surface area contributed by atoms with E-state index in [0.717, 1.165) is 18.0 Å². The highest BCUT2D eigenvalue weighted by molar-refractivity contribution is 7.09. The Morgan fingerprint density at radius 3 is 3.12 bits per heavy atom. The second kappa shape index (κ2) is 4.93. The maximum absolute atomic E-state index is 12.0. The van der Waals surface area contributed by atoms with Crippen LogP contribution in [-0.2, 0) is 4.79 Å². The molecule has 0 radical (unpaired) electrons. The van der Waals surface area contributed by atoms with Gasteiger partial charge >= 0.3 is 0 Å². The second-order valence-corrected chi connectivity index (χ2v) is 5.16. The molecule has 0 spiro atoms. The summed E-state index contributed by atoms with van der Waals surface area (Å²) in [5.41, 5.74) is 0. The fourth-order valence-electron chi connectivity index (χ4n) is 2.05. The molecular weight excluding hydrogens is 222 g/mol. The van der Waals surface area contributed by atoms with Crippen LogP contribution in [0.5, 0.6) is 0 Å². The SMILES string of the molecule is CC(NC(=O)C1CCNC1C)c1nccs1. The molecule has 0 aromatic carbocycles. The summed E-state index contributed by atoms with van der Waals surface area (Å²) >= 11 is 1.57. The Morgan fingerprint density at radius 2 is 2.56 bits per heavy atom. The maximum atomic E-state index is 12.0. The monoisotopic (exact) mass is 239 g/mol. The molecule has 0 saturated carbocycles. The van der Waals surface area contributed by atoms with Gasteiger partial charge < -0.3 is 10.6 Å². The number of aromatic nitrogens is 1. The summed E-state index contributed by atoms with van der Waals surface area (Å²) < 4.78 is 0. The first-order valence-electron chi connectivity index (χ1n) is 5.61. The van der Waals surface area contributed by atoms with Crippen molar-refractivity contribution in [3.05, 3.63) is 16.6 Å². The minimum Gasteiger partial charge on any atom is -0.347 e. The van der Waals surface area contributed by atoms with Gasteiger partial charge in [-0.3, -0.25) is 4.79 Å². The lowest BCUT2D eigenvalue weighted by atomic mass is 10.0. The van der Waals surface area contributed by atoms with Crippen molar-refractivity contribution in [1.82, 2.24) is 15.6 Å². The molecule has 1 aliphatic heterocycles. The van der Waals surface area contributed by atoms with E-state index in [2.05, 4.69) is 22.5 Å². The third kappa shape index (κ3) is 2.41. The predicted molar refractivity (Wildman–Crippen MR) is 64.2 cm³/mol. The first kappa shape index (κ1) is 11.5. The van der Waals surface area contributed by atoms with Crippen LogP contribution >= 0.6 is 11.3 Å². The van der Waals surface area contributed by atoms with Crippen molar-refractivity contribution >= 4 is 17.2 Å². The summed E-state index contributed by atoms with van der Waals surface area (Å²) in [7, 11) is 0. The molecular formula is C11H17N3OS. The zero-order valence-electron chi connectivity index (χ0n) is 9.56. The number of carbonyl (C=O) groups excluding carboxylic acids is 1. The van der Waals surface area contributed by atoms with Crippen molar-refractivity contribution in [2.45, 2.75) is 32.4 Å². The van der Waals surface area contributed by atoms with Gasteiger partial charge in [-0.15, -0.1) is 11.3 Å². The average molecular weight is 239 g/mol. The number of hydrogen-bond acceptors (Lipinski definition) is 4. The summed E-state index contributed by atoms with van der Waals surface area (Å²) in [6.45, 7) is 4.97. The number of thiazole rings is 1. The summed E-state index contributed by atoms with van der Waals surface area (Å²) in [4.78, 5) is 16.2. The Kier molecular flexibility index (Phi) is 3.56. The first-order chi connectivity index (χ1) is 7.68. The minimum absolute atomic E-state index is 0.0142. The van der Waals surface area contributed by atoms with Gasteiger partial charge in [0.1, 0.15) is 5.01 Å². The fourth-order valence-corrected chi connectivity index (χ4v) is 2.69. The molecule has 3 unspecified atom stereocenters. The first-order valence-corrected chi connectivity index (χ1v) is 6.49. The van der Waals surface area contributed by atoms with Gasteiger partial charge in [0.15, 0.2) is 0 Å². The number of amides is 1. The molecule has 4 nitrogen and oxygen atoms in total. The van der Waals surface area contributed by atoms with Crippen molar-refractivity contribution in [3.63, 3.8) is 0 Å². The van der Waals surface area contributed by atoms with Crippen LogP contribution in [0.4, 0.5) is 0 Å². The van der Waals surface area contributed by atoms with Gasteiger partial charge in [0.2, 0.25) is 5.91 Å².